The van der Waals surface area contributed by atoms with E-state index in [-0.39, 0.29) is 23.0 Å². The number of aromatic nitrogens is 2. The van der Waals surface area contributed by atoms with Crippen molar-refractivity contribution in [1.82, 2.24) is 14.5 Å². The summed E-state index contributed by atoms with van der Waals surface area (Å²) in [7, 11) is 4.76. The normalized spacial score (nSPS) is 16.9. The number of carbonyl (C=O) groups is 2. The fourth-order valence-corrected chi connectivity index (χ4v) is 5.35. The Morgan fingerprint density at radius 1 is 1.03 bits per heavy atom. The molecule has 2 aromatic carbocycles. The molecule has 0 bridgehead atoms. The summed E-state index contributed by atoms with van der Waals surface area (Å²) in [6.07, 6.45) is 0.567. The average Bonchev–Trinajstić information content (AvgIpc) is 3.27. The molecule has 1 aromatic heterocycles. The number of para-hydroxylation sites is 2. The third-order valence-electron chi connectivity index (χ3n) is 6.97. The van der Waals surface area contributed by atoms with Crippen molar-refractivity contribution in [1.29, 1.82) is 0 Å². The molecule has 1 fully saturated rings. The zero-order valence-electron chi connectivity index (χ0n) is 21.0. The fourth-order valence-electron chi connectivity index (χ4n) is 5.03. The summed E-state index contributed by atoms with van der Waals surface area (Å²) in [6, 6.07) is 10.8. The standard InChI is InChI=1S/C26H29N5O5S/c1-34-20-7-5-4-6-18(20)29-10-12-30(13-11-29)23(32)9-8-19-25(33)28-24-16-14-21(35-2)22(36-3)15-17(16)27-26(37)31(19)24/h4-7,14-15,19H,8-13H2,1-3H3,(H,28,33). The Labute approximate surface area is 219 Å². The van der Waals surface area contributed by atoms with Gasteiger partial charge >= 0.3 is 0 Å². The molecule has 0 radical (unpaired) electrons. The molecule has 10 nitrogen and oxygen atoms in total. The maximum atomic E-state index is 13.1. The molecule has 2 aliphatic heterocycles. The SMILES string of the molecule is COc1cc2nc(=S)n3c(c2cc1OC)NC(=O)C3CCC(=O)N1CCN(c2ccccc2OC)CC1. The molecule has 5 rings (SSSR count). The van der Waals surface area contributed by atoms with Crippen molar-refractivity contribution in [2.45, 2.75) is 18.9 Å². The van der Waals surface area contributed by atoms with Gasteiger partial charge in [-0.25, -0.2) is 4.98 Å². The summed E-state index contributed by atoms with van der Waals surface area (Å²) < 4.78 is 18.2. The van der Waals surface area contributed by atoms with E-state index in [9.17, 15) is 9.59 Å². The van der Waals surface area contributed by atoms with E-state index in [1.807, 2.05) is 29.2 Å². The molecular weight excluding hydrogens is 494 g/mol. The summed E-state index contributed by atoms with van der Waals surface area (Å²) in [5.41, 5.74) is 1.62. The van der Waals surface area contributed by atoms with Crippen molar-refractivity contribution in [2.24, 2.45) is 0 Å². The number of benzene rings is 2. The second-order valence-corrected chi connectivity index (χ2v) is 9.29. The lowest BCUT2D eigenvalue weighted by atomic mass is 10.1. The van der Waals surface area contributed by atoms with Crippen LogP contribution in [0, 0.1) is 4.77 Å². The number of carbonyl (C=O) groups excluding carboxylic acids is 2. The van der Waals surface area contributed by atoms with Crippen LogP contribution in [0.15, 0.2) is 36.4 Å². The highest BCUT2D eigenvalue weighted by Gasteiger charge is 2.33. The Balaban J connectivity index is 1.28. The molecule has 2 amide bonds. The largest absolute Gasteiger partial charge is 0.495 e. The van der Waals surface area contributed by atoms with Gasteiger partial charge in [0.15, 0.2) is 11.5 Å². The average molecular weight is 524 g/mol. The van der Waals surface area contributed by atoms with Crippen molar-refractivity contribution >= 4 is 46.4 Å². The van der Waals surface area contributed by atoms with E-state index in [0.717, 1.165) is 11.4 Å². The van der Waals surface area contributed by atoms with Crippen LogP contribution < -0.4 is 24.4 Å². The molecule has 194 valence electrons. The van der Waals surface area contributed by atoms with Crippen LogP contribution >= 0.6 is 12.2 Å². The molecule has 11 heteroatoms. The number of ether oxygens (including phenoxy) is 3. The van der Waals surface area contributed by atoms with Crippen molar-refractivity contribution in [3.63, 3.8) is 0 Å². The summed E-state index contributed by atoms with van der Waals surface area (Å²) in [6.45, 7) is 2.64. The maximum absolute atomic E-state index is 13.1. The second kappa shape index (κ2) is 10.3. The number of anilines is 2. The van der Waals surface area contributed by atoms with Gasteiger partial charge < -0.3 is 29.3 Å². The van der Waals surface area contributed by atoms with Crippen LogP contribution in [0.5, 0.6) is 17.2 Å². The van der Waals surface area contributed by atoms with Gasteiger partial charge in [0.1, 0.15) is 17.6 Å². The monoisotopic (exact) mass is 523 g/mol. The Kier molecular flexibility index (Phi) is 6.88. The fraction of sp³-hybridized carbons (Fsp3) is 0.385. The van der Waals surface area contributed by atoms with E-state index in [2.05, 4.69) is 15.2 Å². The van der Waals surface area contributed by atoms with E-state index in [1.165, 1.54) is 0 Å². The molecule has 1 atom stereocenters. The molecule has 0 saturated carbocycles. The van der Waals surface area contributed by atoms with Crippen LogP contribution in [0.4, 0.5) is 11.5 Å². The van der Waals surface area contributed by atoms with Crippen molar-refractivity contribution in [3.05, 3.63) is 41.2 Å². The highest BCUT2D eigenvalue weighted by molar-refractivity contribution is 7.71. The van der Waals surface area contributed by atoms with Crippen molar-refractivity contribution < 1.29 is 23.8 Å². The van der Waals surface area contributed by atoms with Crippen molar-refractivity contribution in [2.75, 3.05) is 57.7 Å². The molecule has 0 spiro atoms. The number of fused-ring (bicyclic) bond motifs is 3. The van der Waals surface area contributed by atoms with Crippen LogP contribution in [0.2, 0.25) is 0 Å². The smallest absolute Gasteiger partial charge is 0.248 e. The predicted octanol–water partition coefficient (Wildman–Crippen LogP) is 3.41. The number of amides is 2. The lowest BCUT2D eigenvalue weighted by molar-refractivity contribution is -0.131. The van der Waals surface area contributed by atoms with E-state index in [4.69, 9.17) is 26.4 Å². The number of piperazine rings is 1. The van der Waals surface area contributed by atoms with Crippen LogP contribution in [0.1, 0.15) is 18.9 Å². The summed E-state index contributed by atoms with van der Waals surface area (Å²) >= 11 is 5.54. The van der Waals surface area contributed by atoms with Gasteiger partial charge in [0.05, 0.1) is 32.5 Å². The maximum Gasteiger partial charge on any atom is 0.248 e. The zero-order chi connectivity index (χ0) is 26.1. The third-order valence-corrected chi connectivity index (χ3v) is 7.25. The number of nitrogens with one attached hydrogen (secondary N) is 1. The molecule has 1 saturated heterocycles. The molecule has 3 aromatic rings. The molecule has 3 heterocycles. The first-order valence-corrected chi connectivity index (χ1v) is 12.5. The summed E-state index contributed by atoms with van der Waals surface area (Å²) in [4.78, 5) is 34.6. The van der Waals surface area contributed by atoms with Crippen molar-refractivity contribution in [3.8, 4) is 17.2 Å². The van der Waals surface area contributed by atoms with Crippen LogP contribution in [-0.2, 0) is 9.59 Å². The molecular formula is C26H29N5O5S. The number of methoxy groups -OCH3 is 3. The Morgan fingerprint density at radius 2 is 1.70 bits per heavy atom. The highest BCUT2D eigenvalue weighted by Crippen LogP contribution is 2.39. The highest BCUT2D eigenvalue weighted by atomic mass is 32.1. The Morgan fingerprint density at radius 3 is 2.41 bits per heavy atom. The van der Waals surface area contributed by atoms with Gasteiger partial charge in [-0.05, 0) is 36.8 Å². The predicted molar refractivity (Wildman–Crippen MR) is 142 cm³/mol. The number of nitrogens with zero attached hydrogens (tertiary/aromatic N) is 4. The zero-order valence-corrected chi connectivity index (χ0v) is 21.8. The number of hydrogen-bond donors (Lipinski definition) is 1. The minimum absolute atomic E-state index is 0.0209. The number of rotatable bonds is 7. The Hall–Kier alpha value is -3.86. The lowest BCUT2D eigenvalue weighted by Gasteiger charge is -2.36. The third kappa shape index (κ3) is 4.55. The lowest BCUT2D eigenvalue weighted by Crippen LogP contribution is -2.49. The van der Waals surface area contributed by atoms with Crippen LogP contribution in [0.25, 0.3) is 10.9 Å². The van der Waals surface area contributed by atoms with E-state index >= 15 is 0 Å². The van der Waals surface area contributed by atoms with Gasteiger partial charge in [0.25, 0.3) is 0 Å². The van der Waals surface area contributed by atoms with Gasteiger partial charge in [0.2, 0.25) is 16.6 Å². The molecule has 0 aliphatic carbocycles. The summed E-state index contributed by atoms with van der Waals surface area (Å²) in [5.74, 6) is 2.25. The first-order chi connectivity index (χ1) is 17.9. The van der Waals surface area contributed by atoms with Gasteiger partial charge in [0, 0.05) is 44.1 Å². The quantitative estimate of drug-likeness (QED) is 0.471. The minimum Gasteiger partial charge on any atom is -0.495 e. The first kappa shape index (κ1) is 24.8. The van der Waals surface area contributed by atoms with Gasteiger partial charge in [-0.3, -0.25) is 14.2 Å². The van der Waals surface area contributed by atoms with E-state index in [0.29, 0.717) is 60.8 Å². The molecule has 1 unspecified atom stereocenters. The molecule has 37 heavy (non-hydrogen) atoms. The van der Waals surface area contributed by atoms with Gasteiger partial charge in [-0.2, -0.15) is 0 Å². The number of hydrogen-bond acceptors (Lipinski definition) is 8. The van der Waals surface area contributed by atoms with Crippen LogP contribution in [-0.4, -0.2) is 73.8 Å². The second-order valence-electron chi connectivity index (χ2n) is 8.92. The van der Waals surface area contributed by atoms with E-state index in [1.54, 1.807) is 38.0 Å². The molecule has 1 N–H and O–H groups in total. The van der Waals surface area contributed by atoms with Gasteiger partial charge in [-0.15, -0.1) is 0 Å². The van der Waals surface area contributed by atoms with E-state index < -0.39 is 6.04 Å². The molecule has 2 aliphatic rings. The first-order valence-electron chi connectivity index (χ1n) is 12.1. The topological polar surface area (TPSA) is 98.2 Å². The minimum atomic E-state index is -0.605. The van der Waals surface area contributed by atoms with Crippen LogP contribution in [0.3, 0.4) is 0 Å². The summed E-state index contributed by atoms with van der Waals surface area (Å²) in [5, 5.41) is 3.63. The Bertz CT molecular complexity index is 1420. The van der Waals surface area contributed by atoms with Gasteiger partial charge in [-0.1, -0.05) is 12.1 Å².